The van der Waals surface area contributed by atoms with Gasteiger partial charge in [0.1, 0.15) is 5.69 Å². The molecule has 0 aliphatic heterocycles. The van der Waals surface area contributed by atoms with Crippen molar-refractivity contribution in [3.63, 3.8) is 0 Å². The molecule has 17 heavy (non-hydrogen) atoms. The number of hydrogen-bond acceptors (Lipinski definition) is 5. The molecule has 0 aliphatic rings. The predicted octanol–water partition coefficient (Wildman–Crippen LogP) is 1.90. The number of thiazole rings is 1. The molecule has 1 aromatic heterocycles. The quantitative estimate of drug-likeness (QED) is 0.308. The van der Waals surface area contributed by atoms with Crippen molar-refractivity contribution in [2.75, 3.05) is 23.9 Å². The summed E-state index contributed by atoms with van der Waals surface area (Å²) in [5, 5.41) is 12.8. The summed E-state index contributed by atoms with van der Waals surface area (Å²) in [6.07, 6.45) is -0.476. The van der Waals surface area contributed by atoms with E-state index in [-0.39, 0.29) is 5.96 Å². The number of nitrogens with zero attached hydrogens (tertiary/aromatic N) is 1. The third kappa shape index (κ3) is 4.99. The summed E-state index contributed by atoms with van der Waals surface area (Å²) in [6, 6.07) is 0. The van der Waals surface area contributed by atoms with Gasteiger partial charge in [0.05, 0.1) is 6.61 Å². The van der Waals surface area contributed by atoms with Crippen LogP contribution in [0.25, 0.3) is 0 Å². The molecule has 0 radical (unpaired) electrons. The Morgan fingerprint density at radius 2 is 2.47 bits per heavy atom. The standard InChI is InChI=1S/C9H15BrN4O2S/c1-2-15-7(16-4-3-10)6-5-17-9(13-6)14-8(11)12/h5,7H,2-4H2,1H3,(H4,11,12,13,14). The fourth-order valence-electron chi connectivity index (χ4n) is 1.09. The summed E-state index contributed by atoms with van der Waals surface area (Å²) in [7, 11) is 0. The molecule has 0 saturated heterocycles. The minimum atomic E-state index is -0.476. The van der Waals surface area contributed by atoms with Crippen molar-refractivity contribution >= 4 is 38.4 Å². The van der Waals surface area contributed by atoms with Crippen LogP contribution < -0.4 is 11.1 Å². The molecule has 1 aromatic rings. The number of ether oxygens (including phenoxy) is 2. The Balaban J connectivity index is 2.65. The largest absolute Gasteiger partial charge is 0.370 e. The molecule has 0 aliphatic carbocycles. The van der Waals surface area contributed by atoms with E-state index in [1.165, 1.54) is 11.3 Å². The van der Waals surface area contributed by atoms with E-state index < -0.39 is 6.29 Å². The molecule has 4 N–H and O–H groups in total. The number of rotatable bonds is 7. The van der Waals surface area contributed by atoms with Gasteiger partial charge in [-0.1, -0.05) is 15.9 Å². The van der Waals surface area contributed by atoms with Crippen LogP contribution >= 0.6 is 27.3 Å². The first-order valence-electron chi connectivity index (χ1n) is 5.03. The lowest BCUT2D eigenvalue weighted by Crippen LogP contribution is -2.20. The van der Waals surface area contributed by atoms with Crippen LogP contribution in [-0.4, -0.2) is 29.5 Å². The summed E-state index contributed by atoms with van der Waals surface area (Å²) in [5.74, 6) is -0.139. The number of hydrogen-bond donors (Lipinski definition) is 3. The van der Waals surface area contributed by atoms with Crippen molar-refractivity contribution in [1.82, 2.24) is 4.98 Å². The van der Waals surface area contributed by atoms with Gasteiger partial charge in [-0.2, -0.15) is 0 Å². The highest BCUT2D eigenvalue weighted by atomic mass is 79.9. The van der Waals surface area contributed by atoms with E-state index in [9.17, 15) is 0 Å². The topological polar surface area (TPSA) is 93.2 Å². The molecule has 0 amide bonds. The molecule has 0 spiro atoms. The van der Waals surface area contributed by atoms with Crippen LogP contribution in [-0.2, 0) is 9.47 Å². The Bertz CT molecular complexity index is 361. The van der Waals surface area contributed by atoms with Gasteiger partial charge >= 0.3 is 0 Å². The molecule has 8 heteroatoms. The Morgan fingerprint density at radius 3 is 3.06 bits per heavy atom. The first kappa shape index (κ1) is 14.4. The highest BCUT2D eigenvalue weighted by Gasteiger charge is 2.15. The lowest BCUT2D eigenvalue weighted by molar-refractivity contribution is -0.141. The SMILES string of the molecule is CCOC(OCCBr)c1csc(NC(=N)N)n1. The van der Waals surface area contributed by atoms with Crippen molar-refractivity contribution in [3.8, 4) is 0 Å². The van der Waals surface area contributed by atoms with Crippen LogP contribution in [0.5, 0.6) is 0 Å². The van der Waals surface area contributed by atoms with E-state index in [2.05, 4.69) is 26.2 Å². The first-order chi connectivity index (χ1) is 8.17. The van der Waals surface area contributed by atoms with Crippen molar-refractivity contribution in [2.24, 2.45) is 5.73 Å². The zero-order valence-electron chi connectivity index (χ0n) is 9.40. The molecule has 0 saturated carbocycles. The fraction of sp³-hybridized carbons (Fsp3) is 0.556. The van der Waals surface area contributed by atoms with Crippen LogP contribution in [0.3, 0.4) is 0 Å². The Morgan fingerprint density at radius 1 is 1.71 bits per heavy atom. The van der Waals surface area contributed by atoms with Gasteiger partial charge in [0, 0.05) is 17.3 Å². The summed E-state index contributed by atoms with van der Waals surface area (Å²) < 4.78 is 10.9. The van der Waals surface area contributed by atoms with E-state index in [1.54, 1.807) is 0 Å². The van der Waals surface area contributed by atoms with Crippen LogP contribution in [0.4, 0.5) is 5.13 Å². The van der Waals surface area contributed by atoms with Gasteiger partial charge in [0.25, 0.3) is 0 Å². The van der Waals surface area contributed by atoms with E-state index >= 15 is 0 Å². The third-order valence-electron chi connectivity index (χ3n) is 1.67. The zero-order valence-corrected chi connectivity index (χ0v) is 11.8. The fourth-order valence-corrected chi connectivity index (χ4v) is 2.00. The molecule has 0 fully saturated rings. The zero-order chi connectivity index (χ0) is 12.7. The molecule has 1 heterocycles. The minimum Gasteiger partial charge on any atom is -0.370 e. The van der Waals surface area contributed by atoms with Gasteiger partial charge in [0.2, 0.25) is 6.29 Å². The van der Waals surface area contributed by atoms with E-state index in [0.717, 1.165) is 5.33 Å². The maximum Gasteiger partial charge on any atom is 0.202 e. The normalized spacial score (nSPS) is 12.4. The van der Waals surface area contributed by atoms with Gasteiger partial charge in [-0.3, -0.25) is 5.41 Å². The van der Waals surface area contributed by atoms with Crippen LogP contribution in [0.2, 0.25) is 0 Å². The lowest BCUT2D eigenvalue weighted by atomic mass is 10.5. The monoisotopic (exact) mass is 322 g/mol. The van der Waals surface area contributed by atoms with Gasteiger partial charge in [-0.25, -0.2) is 4.98 Å². The number of aromatic nitrogens is 1. The summed E-state index contributed by atoms with van der Waals surface area (Å²) in [6.45, 7) is 2.98. The summed E-state index contributed by atoms with van der Waals surface area (Å²) >= 11 is 4.63. The Hall–Kier alpha value is -0.700. The smallest absolute Gasteiger partial charge is 0.202 e. The maximum absolute atomic E-state index is 7.10. The highest BCUT2D eigenvalue weighted by Crippen LogP contribution is 2.24. The number of anilines is 1. The van der Waals surface area contributed by atoms with E-state index in [1.807, 2.05) is 12.3 Å². The number of nitrogens with one attached hydrogen (secondary N) is 2. The third-order valence-corrected chi connectivity index (χ3v) is 2.77. The maximum atomic E-state index is 7.10. The van der Waals surface area contributed by atoms with Gasteiger partial charge in [-0.15, -0.1) is 11.3 Å². The van der Waals surface area contributed by atoms with E-state index in [0.29, 0.717) is 24.0 Å². The molecule has 1 unspecified atom stereocenters. The summed E-state index contributed by atoms with van der Waals surface area (Å²) in [5.41, 5.74) is 5.90. The second-order valence-corrected chi connectivity index (χ2v) is 4.61. The molecule has 1 atom stereocenters. The molecule has 96 valence electrons. The van der Waals surface area contributed by atoms with Crippen molar-refractivity contribution in [2.45, 2.75) is 13.2 Å². The average Bonchev–Trinajstić information content (AvgIpc) is 2.71. The second kappa shape index (κ2) is 7.59. The number of nitrogens with two attached hydrogens (primary N) is 1. The van der Waals surface area contributed by atoms with Crippen molar-refractivity contribution in [3.05, 3.63) is 11.1 Å². The second-order valence-electron chi connectivity index (χ2n) is 2.96. The van der Waals surface area contributed by atoms with Gasteiger partial charge < -0.3 is 20.5 Å². The molecule has 6 nitrogen and oxygen atoms in total. The number of alkyl halides is 1. The Labute approximate surface area is 112 Å². The molecular formula is C9H15BrN4O2S. The molecule has 1 rings (SSSR count). The van der Waals surface area contributed by atoms with Crippen molar-refractivity contribution in [1.29, 1.82) is 5.41 Å². The van der Waals surface area contributed by atoms with Crippen LogP contribution in [0, 0.1) is 5.41 Å². The molecule has 0 aromatic carbocycles. The average molecular weight is 323 g/mol. The van der Waals surface area contributed by atoms with Crippen LogP contribution in [0.1, 0.15) is 18.9 Å². The first-order valence-corrected chi connectivity index (χ1v) is 7.03. The molecule has 0 bridgehead atoms. The van der Waals surface area contributed by atoms with Gasteiger partial charge in [-0.05, 0) is 6.92 Å². The number of halogens is 1. The predicted molar refractivity (Wildman–Crippen MR) is 71.8 cm³/mol. The van der Waals surface area contributed by atoms with E-state index in [4.69, 9.17) is 20.6 Å². The van der Waals surface area contributed by atoms with Gasteiger partial charge in [0.15, 0.2) is 11.1 Å². The summed E-state index contributed by atoms with van der Waals surface area (Å²) in [4.78, 5) is 4.24. The Kier molecular flexibility index (Phi) is 6.41. The minimum absolute atomic E-state index is 0.139. The lowest BCUT2D eigenvalue weighted by Gasteiger charge is -2.14. The van der Waals surface area contributed by atoms with Crippen LogP contribution in [0.15, 0.2) is 5.38 Å². The molecular weight excluding hydrogens is 308 g/mol. The van der Waals surface area contributed by atoms with Crippen molar-refractivity contribution < 1.29 is 9.47 Å². The number of guanidine groups is 1. The highest BCUT2D eigenvalue weighted by molar-refractivity contribution is 9.09.